The third kappa shape index (κ3) is 2.77. The van der Waals surface area contributed by atoms with E-state index in [1.807, 2.05) is 17.0 Å². The van der Waals surface area contributed by atoms with Crippen LogP contribution >= 0.6 is 38.9 Å². The van der Waals surface area contributed by atoms with Gasteiger partial charge in [0, 0.05) is 21.5 Å². The molecule has 0 fully saturated rings. The van der Waals surface area contributed by atoms with Crippen LogP contribution in [0.4, 0.5) is 0 Å². The number of halogens is 2. The van der Waals surface area contributed by atoms with Gasteiger partial charge >= 0.3 is 0 Å². The molecule has 1 aliphatic heterocycles. The predicted octanol–water partition coefficient (Wildman–Crippen LogP) is 5.31. The van der Waals surface area contributed by atoms with Gasteiger partial charge in [-0.1, -0.05) is 18.5 Å². The van der Waals surface area contributed by atoms with E-state index in [0.29, 0.717) is 10.6 Å². The molecule has 2 nitrogen and oxygen atoms in total. The lowest BCUT2D eigenvalue weighted by molar-refractivity contribution is 0.0657. The van der Waals surface area contributed by atoms with Crippen LogP contribution in [-0.2, 0) is 6.42 Å². The van der Waals surface area contributed by atoms with Gasteiger partial charge in [0.2, 0.25) is 0 Å². The molecule has 0 aliphatic carbocycles. The molecule has 1 amide bonds. The molecule has 0 saturated carbocycles. The molecular formula is C16H15BrClNOS. The summed E-state index contributed by atoms with van der Waals surface area (Å²) in [4.78, 5) is 16.2. The van der Waals surface area contributed by atoms with Gasteiger partial charge in [-0.15, -0.1) is 11.3 Å². The number of thiophene rings is 1. The van der Waals surface area contributed by atoms with Gasteiger partial charge in [0.25, 0.3) is 5.91 Å². The van der Waals surface area contributed by atoms with Crippen LogP contribution in [0.25, 0.3) is 0 Å². The minimum absolute atomic E-state index is 0.0631. The van der Waals surface area contributed by atoms with Crippen molar-refractivity contribution in [2.75, 3.05) is 6.54 Å². The Balaban J connectivity index is 1.92. The van der Waals surface area contributed by atoms with Gasteiger partial charge in [-0.25, -0.2) is 0 Å². The van der Waals surface area contributed by atoms with Crippen LogP contribution in [-0.4, -0.2) is 17.4 Å². The second-order valence-electron chi connectivity index (χ2n) is 5.10. The van der Waals surface area contributed by atoms with Crippen molar-refractivity contribution in [2.45, 2.75) is 25.8 Å². The predicted molar refractivity (Wildman–Crippen MR) is 91.2 cm³/mol. The Bertz CT molecular complexity index is 685. The third-order valence-electron chi connectivity index (χ3n) is 3.91. The van der Waals surface area contributed by atoms with Gasteiger partial charge in [0.15, 0.2) is 0 Å². The van der Waals surface area contributed by atoms with Crippen LogP contribution in [0.3, 0.4) is 0 Å². The number of benzene rings is 1. The smallest absolute Gasteiger partial charge is 0.254 e. The van der Waals surface area contributed by atoms with Crippen molar-refractivity contribution < 1.29 is 4.79 Å². The number of rotatable bonds is 2. The van der Waals surface area contributed by atoms with Crippen molar-refractivity contribution >= 4 is 44.8 Å². The first-order valence-electron chi connectivity index (χ1n) is 6.94. The third-order valence-corrected chi connectivity index (χ3v) is 6.14. The van der Waals surface area contributed by atoms with Crippen molar-refractivity contribution in [2.24, 2.45) is 0 Å². The largest absolute Gasteiger partial charge is 0.331 e. The Morgan fingerprint density at radius 3 is 3.00 bits per heavy atom. The number of nitrogens with zero attached hydrogens (tertiary/aromatic N) is 1. The second-order valence-corrected chi connectivity index (χ2v) is 7.36. The summed E-state index contributed by atoms with van der Waals surface area (Å²) in [5, 5.41) is 2.69. The minimum Gasteiger partial charge on any atom is -0.331 e. The number of hydrogen-bond donors (Lipinski definition) is 0. The fourth-order valence-corrected chi connectivity index (χ4v) is 4.23. The zero-order valence-electron chi connectivity index (χ0n) is 11.6. The van der Waals surface area contributed by atoms with E-state index in [0.717, 1.165) is 23.9 Å². The molecule has 1 aromatic heterocycles. The summed E-state index contributed by atoms with van der Waals surface area (Å²) in [6, 6.07) is 7.73. The molecule has 2 aromatic rings. The second kappa shape index (κ2) is 6.11. The lowest BCUT2D eigenvalue weighted by Gasteiger charge is -2.35. The average molecular weight is 385 g/mol. The van der Waals surface area contributed by atoms with E-state index in [4.69, 9.17) is 11.6 Å². The Hall–Kier alpha value is -0.840. The average Bonchev–Trinajstić information content (AvgIpc) is 2.96. The van der Waals surface area contributed by atoms with Crippen molar-refractivity contribution in [3.63, 3.8) is 0 Å². The van der Waals surface area contributed by atoms with E-state index in [1.54, 1.807) is 17.4 Å². The molecule has 2 heterocycles. The van der Waals surface area contributed by atoms with Gasteiger partial charge in [-0.3, -0.25) is 4.79 Å². The number of hydrogen-bond acceptors (Lipinski definition) is 2. The summed E-state index contributed by atoms with van der Waals surface area (Å²) in [5.41, 5.74) is 1.96. The number of amides is 1. The molecule has 21 heavy (non-hydrogen) atoms. The summed E-state index contributed by atoms with van der Waals surface area (Å²) < 4.78 is 0.812. The van der Waals surface area contributed by atoms with E-state index in [1.165, 1.54) is 10.4 Å². The van der Waals surface area contributed by atoms with Crippen LogP contribution < -0.4 is 0 Å². The maximum absolute atomic E-state index is 12.8. The molecular weight excluding hydrogens is 370 g/mol. The zero-order chi connectivity index (χ0) is 15.0. The maximum Gasteiger partial charge on any atom is 0.254 e. The molecule has 0 saturated heterocycles. The number of carbonyl (C=O) groups excluding carboxylic acids is 1. The van der Waals surface area contributed by atoms with Crippen LogP contribution in [0, 0.1) is 0 Å². The molecule has 0 N–H and O–H groups in total. The normalized spacial score (nSPS) is 17.7. The molecule has 0 radical (unpaired) electrons. The maximum atomic E-state index is 12.8. The highest BCUT2D eigenvalue weighted by Crippen LogP contribution is 2.36. The molecule has 1 aliphatic rings. The Morgan fingerprint density at radius 1 is 1.48 bits per heavy atom. The molecule has 1 aromatic carbocycles. The number of carbonyl (C=O) groups is 1. The van der Waals surface area contributed by atoms with E-state index >= 15 is 0 Å². The summed E-state index contributed by atoms with van der Waals surface area (Å²) >= 11 is 11.3. The standard InChI is InChI=1S/C16H15BrClNOS/c1-2-14-11-6-8-21-15(11)5-7-19(14)16(20)10-3-4-12(17)13(18)9-10/h3-4,6,8-9,14H,2,5,7H2,1H3. The summed E-state index contributed by atoms with van der Waals surface area (Å²) in [7, 11) is 0. The molecule has 1 atom stereocenters. The van der Waals surface area contributed by atoms with Crippen LogP contribution in [0.2, 0.25) is 5.02 Å². The highest BCUT2D eigenvalue weighted by Gasteiger charge is 2.30. The van der Waals surface area contributed by atoms with Gasteiger partial charge in [-0.05, 0) is 64.0 Å². The molecule has 5 heteroatoms. The fraction of sp³-hybridized carbons (Fsp3) is 0.312. The van der Waals surface area contributed by atoms with Gasteiger partial charge in [0.1, 0.15) is 0 Å². The first-order valence-corrected chi connectivity index (χ1v) is 8.99. The Morgan fingerprint density at radius 2 is 2.29 bits per heavy atom. The molecule has 1 unspecified atom stereocenters. The highest BCUT2D eigenvalue weighted by atomic mass is 79.9. The molecule has 110 valence electrons. The first kappa shape index (κ1) is 15.1. The lowest BCUT2D eigenvalue weighted by Crippen LogP contribution is -2.39. The number of fused-ring (bicyclic) bond motifs is 1. The molecule has 0 bridgehead atoms. The highest BCUT2D eigenvalue weighted by molar-refractivity contribution is 9.10. The molecule has 0 spiro atoms. The van der Waals surface area contributed by atoms with Crippen molar-refractivity contribution in [3.8, 4) is 0 Å². The van der Waals surface area contributed by atoms with Crippen LogP contribution in [0.1, 0.15) is 40.2 Å². The van der Waals surface area contributed by atoms with Crippen molar-refractivity contribution in [1.82, 2.24) is 4.90 Å². The Labute approximate surface area is 141 Å². The van der Waals surface area contributed by atoms with Crippen LogP contribution in [0.5, 0.6) is 0 Å². The van der Waals surface area contributed by atoms with Gasteiger partial charge in [-0.2, -0.15) is 0 Å². The summed E-state index contributed by atoms with van der Waals surface area (Å²) in [6.45, 7) is 2.91. The topological polar surface area (TPSA) is 20.3 Å². The fourth-order valence-electron chi connectivity index (χ4n) is 2.87. The van der Waals surface area contributed by atoms with E-state index < -0.39 is 0 Å². The van der Waals surface area contributed by atoms with Gasteiger partial charge in [0.05, 0.1) is 11.1 Å². The SMILES string of the molecule is CCC1c2ccsc2CCN1C(=O)c1ccc(Br)c(Cl)c1. The Kier molecular flexibility index (Phi) is 4.38. The zero-order valence-corrected chi connectivity index (χ0v) is 14.8. The van der Waals surface area contributed by atoms with E-state index in [2.05, 4.69) is 34.3 Å². The van der Waals surface area contributed by atoms with Gasteiger partial charge < -0.3 is 4.90 Å². The van der Waals surface area contributed by atoms with Crippen molar-refractivity contribution in [1.29, 1.82) is 0 Å². The quantitative estimate of drug-likeness (QED) is 0.687. The van der Waals surface area contributed by atoms with Crippen LogP contribution in [0.15, 0.2) is 34.1 Å². The van der Waals surface area contributed by atoms with E-state index in [-0.39, 0.29) is 11.9 Å². The minimum atomic E-state index is 0.0631. The first-order chi connectivity index (χ1) is 10.1. The van der Waals surface area contributed by atoms with Crippen molar-refractivity contribution in [3.05, 3.63) is 55.1 Å². The molecule has 3 rings (SSSR count). The van der Waals surface area contributed by atoms with E-state index in [9.17, 15) is 4.79 Å². The lowest BCUT2D eigenvalue weighted by atomic mass is 9.97. The monoisotopic (exact) mass is 383 g/mol. The summed E-state index contributed by atoms with van der Waals surface area (Å²) in [5.74, 6) is 0.0631. The summed E-state index contributed by atoms with van der Waals surface area (Å²) in [6.07, 6.45) is 1.87.